The molecule has 1 heterocycles. The van der Waals surface area contributed by atoms with Crippen molar-refractivity contribution in [2.45, 2.75) is 51.7 Å². The Hall–Kier alpha value is -1.10. The van der Waals surface area contributed by atoms with E-state index in [1.807, 2.05) is 20.8 Å². The summed E-state index contributed by atoms with van der Waals surface area (Å²) >= 11 is 0. The minimum atomic E-state index is -1.16. The number of nitrogens with zero attached hydrogens (tertiary/aromatic N) is 1. The van der Waals surface area contributed by atoms with Crippen LogP contribution in [-0.4, -0.2) is 46.7 Å². The monoisotopic (exact) mass is 255 g/mol. The van der Waals surface area contributed by atoms with Crippen molar-refractivity contribution < 1.29 is 19.4 Å². The molecule has 2 rings (SSSR count). The average Bonchev–Trinajstić information content (AvgIpc) is 2.11. The van der Waals surface area contributed by atoms with Gasteiger partial charge in [0.2, 0.25) is 5.91 Å². The van der Waals surface area contributed by atoms with E-state index in [2.05, 4.69) is 0 Å². The number of hydrogen-bond donors (Lipinski definition) is 1. The fraction of sp³-hybridized carbons (Fsp3) is 0.846. The van der Waals surface area contributed by atoms with E-state index in [0.29, 0.717) is 25.9 Å². The lowest BCUT2D eigenvalue weighted by Crippen LogP contribution is -2.60. The van der Waals surface area contributed by atoms with Crippen molar-refractivity contribution in [1.82, 2.24) is 4.90 Å². The van der Waals surface area contributed by atoms with Gasteiger partial charge in [0.1, 0.15) is 5.41 Å². The molecule has 1 unspecified atom stereocenters. The summed E-state index contributed by atoms with van der Waals surface area (Å²) in [6.45, 7) is 6.71. The van der Waals surface area contributed by atoms with Crippen molar-refractivity contribution in [3.63, 3.8) is 0 Å². The maximum atomic E-state index is 12.5. The van der Waals surface area contributed by atoms with Gasteiger partial charge in [-0.3, -0.25) is 9.59 Å². The van der Waals surface area contributed by atoms with Crippen LogP contribution in [0.3, 0.4) is 0 Å². The number of morpholine rings is 1. The molecule has 1 N–H and O–H groups in total. The number of carbonyl (C=O) groups excluding carboxylic acids is 1. The largest absolute Gasteiger partial charge is 0.480 e. The lowest BCUT2D eigenvalue weighted by Gasteiger charge is -2.46. The molecule has 0 radical (unpaired) electrons. The summed E-state index contributed by atoms with van der Waals surface area (Å²) in [4.78, 5) is 25.5. The average molecular weight is 255 g/mol. The quantitative estimate of drug-likeness (QED) is 0.754. The zero-order valence-electron chi connectivity index (χ0n) is 11.2. The van der Waals surface area contributed by atoms with Gasteiger partial charge in [0.05, 0.1) is 11.7 Å². The van der Waals surface area contributed by atoms with Crippen LogP contribution in [0.2, 0.25) is 0 Å². The molecule has 0 aromatic rings. The Morgan fingerprint density at radius 1 is 1.33 bits per heavy atom. The third kappa shape index (κ3) is 2.11. The van der Waals surface area contributed by atoms with E-state index in [1.54, 1.807) is 4.90 Å². The van der Waals surface area contributed by atoms with E-state index in [9.17, 15) is 14.7 Å². The zero-order valence-corrected chi connectivity index (χ0v) is 11.2. The van der Waals surface area contributed by atoms with Crippen LogP contribution in [0.4, 0.5) is 0 Å². The van der Waals surface area contributed by atoms with Gasteiger partial charge in [-0.25, -0.2) is 0 Å². The lowest BCUT2D eigenvalue weighted by atomic mass is 9.67. The first-order valence-electron chi connectivity index (χ1n) is 6.47. The van der Waals surface area contributed by atoms with E-state index in [0.717, 1.165) is 6.42 Å². The molecular formula is C13H21NO4. The lowest BCUT2D eigenvalue weighted by molar-refractivity contribution is -0.180. The molecule has 2 fully saturated rings. The number of aliphatic carboxylic acids is 1. The Bertz CT molecular complexity index is 373. The second-order valence-corrected chi connectivity index (χ2v) is 6.11. The van der Waals surface area contributed by atoms with Gasteiger partial charge >= 0.3 is 5.97 Å². The number of amides is 1. The van der Waals surface area contributed by atoms with Gasteiger partial charge in [-0.2, -0.15) is 0 Å². The standard InChI is InChI=1S/C13H21NO4/c1-9-7-14(8-12(2,3)18-9)10(15)13(11(16)17)5-4-6-13/h9H,4-8H2,1-3H3,(H,16,17). The van der Waals surface area contributed by atoms with Crippen LogP contribution in [-0.2, 0) is 14.3 Å². The summed E-state index contributed by atoms with van der Waals surface area (Å²) in [5.41, 5.74) is -1.57. The Morgan fingerprint density at radius 3 is 2.33 bits per heavy atom. The van der Waals surface area contributed by atoms with Gasteiger partial charge in [-0.05, 0) is 33.6 Å². The van der Waals surface area contributed by atoms with Gasteiger partial charge in [0.25, 0.3) is 0 Å². The predicted molar refractivity (Wildman–Crippen MR) is 65.1 cm³/mol. The Balaban J connectivity index is 2.16. The van der Waals surface area contributed by atoms with Gasteiger partial charge < -0.3 is 14.7 Å². The van der Waals surface area contributed by atoms with Crippen LogP contribution >= 0.6 is 0 Å². The van der Waals surface area contributed by atoms with E-state index in [4.69, 9.17) is 4.74 Å². The SMILES string of the molecule is CC1CN(C(=O)C2(C(=O)O)CCC2)CC(C)(C)O1. The molecule has 1 amide bonds. The van der Waals surface area contributed by atoms with Gasteiger partial charge in [-0.15, -0.1) is 0 Å². The van der Waals surface area contributed by atoms with Crippen molar-refractivity contribution in [3.05, 3.63) is 0 Å². The summed E-state index contributed by atoms with van der Waals surface area (Å²) in [6, 6.07) is 0. The topological polar surface area (TPSA) is 66.8 Å². The first-order valence-corrected chi connectivity index (χ1v) is 6.47. The summed E-state index contributed by atoms with van der Waals surface area (Å²) in [7, 11) is 0. The van der Waals surface area contributed by atoms with E-state index >= 15 is 0 Å². The predicted octanol–water partition coefficient (Wildman–Crippen LogP) is 1.27. The van der Waals surface area contributed by atoms with Crippen molar-refractivity contribution in [2.75, 3.05) is 13.1 Å². The summed E-state index contributed by atoms with van der Waals surface area (Å²) in [5.74, 6) is -1.21. The van der Waals surface area contributed by atoms with E-state index < -0.39 is 17.0 Å². The van der Waals surface area contributed by atoms with Gasteiger partial charge in [-0.1, -0.05) is 6.42 Å². The molecular weight excluding hydrogens is 234 g/mol. The Kier molecular flexibility index (Phi) is 3.13. The highest BCUT2D eigenvalue weighted by atomic mass is 16.5. The number of ether oxygens (including phenoxy) is 1. The maximum absolute atomic E-state index is 12.5. The van der Waals surface area contributed by atoms with Crippen molar-refractivity contribution in [1.29, 1.82) is 0 Å². The number of carbonyl (C=O) groups is 2. The highest BCUT2D eigenvalue weighted by Crippen LogP contribution is 2.43. The first-order chi connectivity index (χ1) is 8.27. The molecule has 1 saturated heterocycles. The van der Waals surface area contributed by atoms with Crippen LogP contribution in [0.25, 0.3) is 0 Å². The highest BCUT2D eigenvalue weighted by molar-refractivity contribution is 6.02. The molecule has 0 aromatic heterocycles. The number of carboxylic acid groups (broad SMARTS) is 1. The van der Waals surface area contributed by atoms with Crippen LogP contribution in [0.15, 0.2) is 0 Å². The second kappa shape index (κ2) is 4.23. The molecule has 1 saturated carbocycles. The first kappa shape index (κ1) is 13.3. The van der Waals surface area contributed by atoms with E-state index in [1.165, 1.54) is 0 Å². The van der Waals surface area contributed by atoms with Gasteiger partial charge in [0.15, 0.2) is 0 Å². The summed E-state index contributed by atoms with van der Waals surface area (Å²) in [5, 5.41) is 9.30. The van der Waals surface area contributed by atoms with Crippen molar-refractivity contribution >= 4 is 11.9 Å². The highest BCUT2D eigenvalue weighted by Gasteiger charge is 2.54. The molecule has 2 aliphatic rings. The molecule has 1 atom stereocenters. The molecule has 1 aliphatic carbocycles. The second-order valence-electron chi connectivity index (χ2n) is 6.11. The minimum Gasteiger partial charge on any atom is -0.480 e. The fourth-order valence-corrected chi connectivity index (χ4v) is 2.96. The molecule has 1 aliphatic heterocycles. The van der Waals surface area contributed by atoms with E-state index in [-0.39, 0.29) is 12.0 Å². The summed E-state index contributed by atoms with van der Waals surface area (Å²) in [6.07, 6.45) is 1.70. The molecule has 5 heteroatoms. The molecule has 0 bridgehead atoms. The van der Waals surface area contributed by atoms with Crippen LogP contribution in [0.5, 0.6) is 0 Å². The Labute approximate surface area is 107 Å². The van der Waals surface area contributed by atoms with Gasteiger partial charge in [0, 0.05) is 13.1 Å². The van der Waals surface area contributed by atoms with Crippen LogP contribution < -0.4 is 0 Å². The third-order valence-corrected chi connectivity index (χ3v) is 3.88. The molecule has 0 aromatic carbocycles. The van der Waals surface area contributed by atoms with Crippen molar-refractivity contribution in [3.8, 4) is 0 Å². The number of hydrogen-bond acceptors (Lipinski definition) is 3. The van der Waals surface area contributed by atoms with Crippen LogP contribution in [0.1, 0.15) is 40.0 Å². The molecule has 18 heavy (non-hydrogen) atoms. The third-order valence-electron chi connectivity index (χ3n) is 3.88. The Morgan fingerprint density at radius 2 is 1.94 bits per heavy atom. The molecule has 0 spiro atoms. The maximum Gasteiger partial charge on any atom is 0.319 e. The normalized spacial score (nSPS) is 29.5. The minimum absolute atomic E-state index is 0.0522. The molecule has 102 valence electrons. The molecule has 5 nitrogen and oxygen atoms in total. The zero-order chi connectivity index (χ0) is 13.6. The van der Waals surface area contributed by atoms with Crippen molar-refractivity contribution in [2.24, 2.45) is 5.41 Å². The number of rotatable bonds is 2. The fourth-order valence-electron chi connectivity index (χ4n) is 2.96. The smallest absolute Gasteiger partial charge is 0.319 e. The van der Waals surface area contributed by atoms with Crippen LogP contribution in [0, 0.1) is 5.41 Å². The summed E-state index contributed by atoms with van der Waals surface area (Å²) < 4.78 is 5.74. The number of carboxylic acids is 1.